The van der Waals surface area contributed by atoms with Gasteiger partial charge in [-0.1, -0.05) is 0 Å². The maximum Gasteiger partial charge on any atom is 0.387 e. The number of fused-ring (bicyclic) bond motifs is 1. The van der Waals surface area contributed by atoms with Crippen LogP contribution in [0.4, 0.5) is 14.5 Å². The Kier molecular flexibility index (Phi) is 7.69. The number of benzene rings is 1. The molecule has 1 aliphatic rings. The first-order valence-corrected chi connectivity index (χ1v) is 12.0. The second kappa shape index (κ2) is 10.8. The Labute approximate surface area is 213 Å². The number of likely N-dealkylation sites (tertiary alicyclic amines) is 1. The standard InChI is InChI=1S/C25H31F2N7O3/c1-25(2,3)33-23(36)17-10-30-22-21(17)32-19(11-31-22)20(28)16-9-15(37-24(26)27)5-6-18(16)29-7-4-8-34-12-14(35)13-34/h5-6,9-11,14,24,28-29,35H,4,7-8,12-13H2,1-3H3,(H,30,31)(H,33,36). The Bertz CT molecular complexity index is 1280. The van der Waals surface area contributed by atoms with Crippen LogP contribution in [0.2, 0.25) is 0 Å². The van der Waals surface area contributed by atoms with Crippen LogP contribution in [-0.2, 0) is 0 Å². The van der Waals surface area contributed by atoms with E-state index in [0.29, 0.717) is 42.0 Å². The number of rotatable bonds is 10. The van der Waals surface area contributed by atoms with Crippen LogP contribution in [-0.4, -0.2) is 81.0 Å². The lowest BCUT2D eigenvalue weighted by Crippen LogP contribution is -2.51. The fourth-order valence-electron chi connectivity index (χ4n) is 4.04. The van der Waals surface area contributed by atoms with E-state index in [9.17, 15) is 18.7 Å². The molecule has 0 saturated carbocycles. The van der Waals surface area contributed by atoms with Crippen LogP contribution in [0, 0.1) is 5.41 Å². The lowest BCUT2D eigenvalue weighted by molar-refractivity contribution is -0.0498. The van der Waals surface area contributed by atoms with E-state index >= 15 is 0 Å². The van der Waals surface area contributed by atoms with Gasteiger partial charge in [0, 0.05) is 49.2 Å². The number of aliphatic hydroxyl groups excluding tert-OH is 1. The van der Waals surface area contributed by atoms with Crippen LogP contribution in [0.3, 0.4) is 0 Å². The highest BCUT2D eigenvalue weighted by atomic mass is 19.3. The van der Waals surface area contributed by atoms with Gasteiger partial charge < -0.3 is 25.5 Å². The van der Waals surface area contributed by atoms with Crippen molar-refractivity contribution in [2.45, 2.75) is 45.4 Å². The highest BCUT2D eigenvalue weighted by molar-refractivity contribution is 6.14. The summed E-state index contributed by atoms with van der Waals surface area (Å²) in [5, 5.41) is 24.4. The molecule has 0 unspecified atom stereocenters. The molecule has 1 amide bonds. The number of nitrogens with one attached hydrogen (secondary N) is 4. The van der Waals surface area contributed by atoms with Gasteiger partial charge in [0.05, 0.1) is 23.6 Å². The van der Waals surface area contributed by atoms with Gasteiger partial charge in [0.2, 0.25) is 0 Å². The Balaban J connectivity index is 1.58. The fourth-order valence-corrected chi connectivity index (χ4v) is 4.04. The van der Waals surface area contributed by atoms with Crippen molar-refractivity contribution >= 4 is 28.5 Å². The van der Waals surface area contributed by atoms with E-state index in [-0.39, 0.29) is 34.7 Å². The zero-order valence-electron chi connectivity index (χ0n) is 20.9. The van der Waals surface area contributed by atoms with Gasteiger partial charge in [-0.15, -0.1) is 0 Å². The number of anilines is 1. The number of alkyl halides is 2. The number of aliphatic hydroxyl groups is 1. The molecule has 198 valence electrons. The van der Waals surface area contributed by atoms with E-state index in [1.54, 1.807) is 6.07 Å². The van der Waals surface area contributed by atoms with Crippen molar-refractivity contribution in [2.24, 2.45) is 0 Å². The van der Waals surface area contributed by atoms with Crippen molar-refractivity contribution in [3.63, 3.8) is 0 Å². The number of ether oxygens (including phenoxy) is 1. The molecular formula is C25H31F2N7O3. The fraction of sp³-hybridized carbons (Fsp3) is 0.440. The van der Waals surface area contributed by atoms with Gasteiger partial charge in [-0.05, 0) is 45.4 Å². The Hall–Kier alpha value is -3.64. The number of aromatic nitrogens is 3. The maximum atomic E-state index is 12.9. The van der Waals surface area contributed by atoms with Gasteiger partial charge in [0.1, 0.15) is 17.0 Å². The second-order valence-corrected chi connectivity index (χ2v) is 10.0. The molecule has 10 nitrogen and oxygen atoms in total. The van der Waals surface area contributed by atoms with Crippen molar-refractivity contribution in [2.75, 3.05) is 31.5 Å². The largest absolute Gasteiger partial charge is 0.435 e. The summed E-state index contributed by atoms with van der Waals surface area (Å²) in [7, 11) is 0. The third-order valence-electron chi connectivity index (χ3n) is 5.76. The van der Waals surface area contributed by atoms with Gasteiger partial charge in [0.25, 0.3) is 5.91 Å². The molecule has 4 rings (SSSR count). The first-order valence-electron chi connectivity index (χ1n) is 12.0. The monoisotopic (exact) mass is 515 g/mol. The summed E-state index contributed by atoms with van der Waals surface area (Å²) >= 11 is 0. The van der Waals surface area contributed by atoms with Crippen molar-refractivity contribution in [3.8, 4) is 5.75 Å². The van der Waals surface area contributed by atoms with E-state index in [1.807, 2.05) is 20.8 Å². The summed E-state index contributed by atoms with van der Waals surface area (Å²) in [5.74, 6) is -0.420. The molecule has 1 aliphatic heterocycles. The highest BCUT2D eigenvalue weighted by Gasteiger charge is 2.24. The number of H-pyrrole nitrogens is 1. The summed E-state index contributed by atoms with van der Waals surface area (Å²) < 4.78 is 30.3. The van der Waals surface area contributed by atoms with E-state index in [2.05, 4.69) is 35.2 Å². The van der Waals surface area contributed by atoms with Crippen molar-refractivity contribution in [3.05, 3.63) is 47.4 Å². The molecule has 2 aromatic heterocycles. The predicted octanol–water partition coefficient (Wildman–Crippen LogP) is 2.98. The number of aromatic amines is 1. The minimum Gasteiger partial charge on any atom is -0.435 e. The number of nitrogens with zero attached hydrogens (tertiary/aromatic N) is 3. The molecule has 0 bridgehead atoms. The number of β-amino-alcohol motifs (C(OH)–C–C–N with tert-alkyl or cyclic N) is 1. The van der Waals surface area contributed by atoms with Crippen LogP contribution in [0.25, 0.3) is 11.2 Å². The van der Waals surface area contributed by atoms with Crippen LogP contribution < -0.4 is 15.4 Å². The second-order valence-electron chi connectivity index (χ2n) is 10.0. The minimum absolute atomic E-state index is 0.0640. The number of amides is 1. The van der Waals surface area contributed by atoms with Gasteiger partial charge in [0.15, 0.2) is 5.65 Å². The predicted molar refractivity (Wildman–Crippen MR) is 136 cm³/mol. The van der Waals surface area contributed by atoms with Crippen molar-refractivity contribution in [1.82, 2.24) is 25.2 Å². The summed E-state index contributed by atoms with van der Waals surface area (Å²) in [6.07, 6.45) is 3.43. The quantitative estimate of drug-likeness (QED) is 0.207. The molecule has 37 heavy (non-hydrogen) atoms. The van der Waals surface area contributed by atoms with Crippen LogP contribution in [0.15, 0.2) is 30.6 Å². The van der Waals surface area contributed by atoms with Crippen LogP contribution in [0.5, 0.6) is 5.75 Å². The van der Waals surface area contributed by atoms with Crippen LogP contribution >= 0.6 is 0 Å². The van der Waals surface area contributed by atoms with E-state index < -0.39 is 12.2 Å². The lowest BCUT2D eigenvalue weighted by Gasteiger charge is -2.35. The van der Waals surface area contributed by atoms with Gasteiger partial charge in [-0.3, -0.25) is 15.1 Å². The molecule has 12 heteroatoms. The van der Waals surface area contributed by atoms with Gasteiger partial charge >= 0.3 is 6.61 Å². The minimum atomic E-state index is -3.01. The Morgan fingerprint density at radius 2 is 2.08 bits per heavy atom. The first kappa shape index (κ1) is 26.4. The first-order chi connectivity index (χ1) is 17.5. The molecule has 0 atom stereocenters. The average Bonchev–Trinajstić information content (AvgIpc) is 3.22. The molecule has 1 aromatic carbocycles. The number of hydrogen-bond acceptors (Lipinski definition) is 8. The van der Waals surface area contributed by atoms with Gasteiger partial charge in [-0.2, -0.15) is 8.78 Å². The average molecular weight is 516 g/mol. The molecular weight excluding hydrogens is 484 g/mol. The molecule has 1 saturated heterocycles. The number of carbonyl (C=O) groups is 1. The van der Waals surface area contributed by atoms with Gasteiger partial charge in [-0.25, -0.2) is 9.97 Å². The SMILES string of the molecule is CC(C)(C)NC(=O)c1c[nH]c2ncc(C(=N)c3cc(OC(F)F)ccc3NCCCN3CC(O)C3)nc12. The molecule has 3 aromatic rings. The zero-order valence-corrected chi connectivity index (χ0v) is 20.9. The third kappa shape index (κ3) is 6.57. The van der Waals surface area contributed by atoms with Crippen molar-refractivity contribution < 1.29 is 23.4 Å². The molecule has 5 N–H and O–H groups in total. The Morgan fingerprint density at radius 1 is 1.32 bits per heavy atom. The van der Waals surface area contributed by atoms with E-state index in [0.717, 1.165) is 13.0 Å². The Morgan fingerprint density at radius 3 is 2.76 bits per heavy atom. The zero-order chi connectivity index (χ0) is 26.7. The maximum absolute atomic E-state index is 12.9. The van der Waals surface area contributed by atoms with Crippen LogP contribution in [0.1, 0.15) is 48.8 Å². The topological polar surface area (TPSA) is 139 Å². The molecule has 3 heterocycles. The normalized spacial score (nSPS) is 14.6. The number of hydrogen-bond donors (Lipinski definition) is 5. The summed E-state index contributed by atoms with van der Waals surface area (Å²) in [5.41, 5.74) is 1.49. The number of halogens is 2. The third-order valence-corrected chi connectivity index (χ3v) is 5.76. The molecule has 1 fully saturated rings. The summed E-state index contributed by atoms with van der Waals surface area (Å²) in [4.78, 5) is 26.6. The lowest BCUT2D eigenvalue weighted by atomic mass is 10.0. The number of carbonyl (C=O) groups excluding carboxylic acids is 1. The summed E-state index contributed by atoms with van der Waals surface area (Å²) in [6, 6.07) is 4.35. The smallest absolute Gasteiger partial charge is 0.387 e. The van der Waals surface area contributed by atoms with E-state index in [4.69, 9.17) is 5.41 Å². The molecule has 0 radical (unpaired) electrons. The molecule has 0 spiro atoms. The molecule has 0 aliphatic carbocycles. The van der Waals surface area contributed by atoms with E-state index in [1.165, 1.54) is 24.5 Å². The highest BCUT2D eigenvalue weighted by Crippen LogP contribution is 2.26. The van der Waals surface area contributed by atoms with Crippen molar-refractivity contribution in [1.29, 1.82) is 5.41 Å². The summed E-state index contributed by atoms with van der Waals surface area (Å²) in [6.45, 7) is 5.28.